The van der Waals surface area contributed by atoms with Crippen LogP contribution < -0.4 is 0 Å². The standard InChI is InChI=1S/C19H26N4O/c1-15(16-8-5-4-6-9-16)22(3)19(24)14-23-11-7-10-18(23)17-12-20-21(2)13-17/h4-6,8-9,12-13,15,18H,7,10-11,14H2,1-3H3. The molecule has 3 rings (SSSR count). The van der Waals surface area contributed by atoms with Gasteiger partial charge in [0.05, 0.1) is 18.8 Å². The lowest BCUT2D eigenvalue weighted by Crippen LogP contribution is -2.39. The van der Waals surface area contributed by atoms with Crippen molar-refractivity contribution in [2.75, 3.05) is 20.1 Å². The Labute approximate surface area is 143 Å². The van der Waals surface area contributed by atoms with Crippen LogP contribution in [0.4, 0.5) is 0 Å². The normalized spacial score (nSPS) is 19.4. The maximum Gasteiger partial charge on any atom is 0.237 e. The molecule has 1 aromatic heterocycles. The molecule has 0 spiro atoms. The van der Waals surface area contributed by atoms with Crippen LogP contribution in [0.3, 0.4) is 0 Å². The van der Waals surface area contributed by atoms with Gasteiger partial charge in [0.1, 0.15) is 0 Å². The van der Waals surface area contributed by atoms with Gasteiger partial charge in [0.25, 0.3) is 0 Å². The quantitative estimate of drug-likeness (QED) is 0.848. The Kier molecular flexibility index (Phi) is 5.00. The number of amides is 1. The van der Waals surface area contributed by atoms with Crippen molar-refractivity contribution in [1.29, 1.82) is 0 Å². The monoisotopic (exact) mass is 326 g/mol. The van der Waals surface area contributed by atoms with Gasteiger partial charge in [0.2, 0.25) is 5.91 Å². The molecule has 1 aromatic carbocycles. The summed E-state index contributed by atoms with van der Waals surface area (Å²) in [6, 6.07) is 10.6. The maximum absolute atomic E-state index is 12.8. The van der Waals surface area contributed by atoms with Crippen LogP contribution in [-0.4, -0.2) is 45.6 Å². The first-order valence-corrected chi connectivity index (χ1v) is 8.59. The van der Waals surface area contributed by atoms with Crippen molar-refractivity contribution in [3.63, 3.8) is 0 Å². The maximum atomic E-state index is 12.8. The summed E-state index contributed by atoms with van der Waals surface area (Å²) in [6.07, 6.45) is 6.20. The molecule has 1 aliphatic heterocycles. The molecule has 128 valence electrons. The molecule has 0 radical (unpaired) electrons. The fraction of sp³-hybridized carbons (Fsp3) is 0.474. The number of likely N-dealkylation sites (N-methyl/N-ethyl adjacent to an activating group) is 1. The minimum Gasteiger partial charge on any atom is -0.338 e. The third-order valence-electron chi connectivity index (χ3n) is 5.07. The van der Waals surface area contributed by atoms with E-state index >= 15 is 0 Å². The fourth-order valence-corrected chi connectivity index (χ4v) is 3.46. The zero-order valence-electron chi connectivity index (χ0n) is 14.7. The van der Waals surface area contributed by atoms with Gasteiger partial charge in [-0.25, -0.2) is 0 Å². The number of hydrogen-bond donors (Lipinski definition) is 0. The third-order valence-corrected chi connectivity index (χ3v) is 5.07. The number of benzene rings is 1. The Morgan fingerprint density at radius 1 is 1.38 bits per heavy atom. The van der Waals surface area contributed by atoms with Crippen LogP contribution in [0.2, 0.25) is 0 Å². The topological polar surface area (TPSA) is 41.4 Å². The van der Waals surface area contributed by atoms with Gasteiger partial charge in [0.15, 0.2) is 0 Å². The minimum absolute atomic E-state index is 0.0816. The summed E-state index contributed by atoms with van der Waals surface area (Å²) in [5.41, 5.74) is 2.38. The summed E-state index contributed by atoms with van der Waals surface area (Å²) in [5, 5.41) is 4.27. The predicted octanol–water partition coefficient (Wildman–Crippen LogP) is 2.78. The van der Waals surface area contributed by atoms with Crippen molar-refractivity contribution < 1.29 is 4.79 Å². The Morgan fingerprint density at radius 3 is 2.79 bits per heavy atom. The molecule has 5 nitrogen and oxygen atoms in total. The number of carbonyl (C=O) groups is 1. The molecule has 1 aliphatic rings. The van der Waals surface area contributed by atoms with Crippen molar-refractivity contribution >= 4 is 5.91 Å². The molecule has 5 heteroatoms. The molecule has 0 N–H and O–H groups in total. The average Bonchev–Trinajstić information content (AvgIpc) is 3.22. The number of aromatic nitrogens is 2. The zero-order chi connectivity index (χ0) is 17.1. The molecule has 2 unspecified atom stereocenters. The van der Waals surface area contributed by atoms with Gasteiger partial charge >= 0.3 is 0 Å². The lowest BCUT2D eigenvalue weighted by atomic mass is 10.1. The Hall–Kier alpha value is -2.14. The highest BCUT2D eigenvalue weighted by atomic mass is 16.2. The van der Waals surface area contributed by atoms with Crippen molar-refractivity contribution in [3.05, 3.63) is 53.9 Å². The van der Waals surface area contributed by atoms with E-state index in [1.54, 1.807) is 0 Å². The van der Waals surface area contributed by atoms with E-state index < -0.39 is 0 Å². The SMILES string of the molecule is CC(c1ccccc1)N(C)C(=O)CN1CCCC1c1cnn(C)c1. The second kappa shape index (κ2) is 7.18. The van der Waals surface area contributed by atoms with Gasteiger partial charge in [-0.1, -0.05) is 30.3 Å². The molecule has 0 saturated carbocycles. The van der Waals surface area contributed by atoms with Gasteiger partial charge in [-0.3, -0.25) is 14.4 Å². The Balaban J connectivity index is 1.65. The van der Waals surface area contributed by atoms with Crippen LogP contribution in [0.25, 0.3) is 0 Å². The molecule has 2 atom stereocenters. The Morgan fingerprint density at radius 2 is 2.12 bits per heavy atom. The van der Waals surface area contributed by atoms with E-state index in [0.29, 0.717) is 12.6 Å². The van der Waals surface area contributed by atoms with E-state index in [2.05, 4.69) is 35.3 Å². The molecule has 2 heterocycles. The summed E-state index contributed by atoms with van der Waals surface area (Å²) < 4.78 is 1.83. The summed E-state index contributed by atoms with van der Waals surface area (Å²) in [4.78, 5) is 16.9. The second-order valence-corrected chi connectivity index (χ2v) is 6.67. The third kappa shape index (κ3) is 3.51. The summed E-state index contributed by atoms with van der Waals surface area (Å²) in [7, 11) is 3.83. The lowest BCUT2D eigenvalue weighted by Gasteiger charge is -2.29. The number of aryl methyl sites for hydroxylation is 1. The van der Waals surface area contributed by atoms with E-state index in [-0.39, 0.29) is 11.9 Å². The first-order chi connectivity index (χ1) is 11.6. The number of likely N-dealkylation sites (tertiary alicyclic amines) is 1. The van der Waals surface area contributed by atoms with Crippen molar-refractivity contribution in [1.82, 2.24) is 19.6 Å². The first kappa shape index (κ1) is 16.7. The highest BCUT2D eigenvalue weighted by Crippen LogP contribution is 2.31. The number of rotatable bonds is 5. The van der Waals surface area contributed by atoms with E-state index in [1.807, 2.05) is 48.1 Å². The molecule has 2 aromatic rings. The fourth-order valence-electron chi connectivity index (χ4n) is 3.46. The first-order valence-electron chi connectivity index (χ1n) is 8.59. The molecule has 1 saturated heterocycles. The number of hydrogen-bond acceptors (Lipinski definition) is 3. The molecule has 0 bridgehead atoms. The van der Waals surface area contributed by atoms with Crippen molar-refractivity contribution in [2.24, 2.45) is 7.05 Å². The van der Waals surface area contributed by atoms with E-state index in [4.69, 9.17) is 0 Å². The van der Waals surface area contributed by atoms with Crippen LogP contribution in [0, 0.1) is 0 Å². The predicted molar refractivity (Wildman–Crippen MR) is 94.4 cm³/mol. The van der Waals surface area contributed by atoms with Crippen LogP contribution in [0.5, 0.6) is 0 Å². The molecule has 24 heavy (non-hydrogen) atoms. The van der Waals surface area contributed by atoms with Gasteiger partial charge in [0, 0.05) is 31.9 Å². The summed E-state index contributed by atoms with van der Waals surface area (Å²) >= 11 is 0. The minimum atomic E-state index is 0.0816. The average molecular weight is 326 g/mol. The largest absolute Gasteiger partial charge is 0.338 e. The zero-order valence-corrected chi connectivity index (χ0v) is 14.7. The van der Waals surface area contributed by atoms with Crippen LogP contribution in [-0.2, 0) is 11.8 Å². The molecule has 1 fully saturated rings. The second-order valence-electron chi connectivity index (χ2n) is 6.67. The van der Waals surface area contributed by atoms with Crippen molar-refractivity contribution in [3.8, 4) is 0 Å². The number of carbonyl (C=O) groups excluding carboxylic acids is 1. The number of nitrogens with zero attached hydrogens (tertiary/aromatic N) is 4. The van der Waals surface area contributed by atoms with Gasteiger partial charge in [-0.2, -0.15) is 5.10 Å². The molecule has 0 aliphatic carbocycles. The molecular formula is C19H26N4O. The summed E-state index contributed by atoms with van der Waals surface area (Å²) in [6.45, 7) is 3.52. The van der Waals surface area contributed by atoms with Crippen LogP contribution >= 0.6 is 0 Å². The Bertz CT molecular complexity index is 682. The highest BCUT2D eigenvalue weighted by molar-refractivity contribution is 5.78. The van der Waals surface area contributed by atoms with Gasteiger partial charge in [-0.05, 0) is 31.9 Å². The highest BCUT2D eigenvalue weighted by Gasteiger charge is 2.30. The molecular weight excluding hydrogens is 300 g/mol. The van der Waals surface area contributed by atoms with E-state index in [0.717, 1.165) is 19.4 Å². The summed E-state index contributed by atoms with van der Waals surface area (Å²) in [5.74, 6) is 0.169. The van der Waals surface area contributed by atoms with Crippen LogP contribution in [0.15, 0.2) is 42.7 Å². The van der Waals surface area contributed by atoms with Gasteiger partial charge < -0.3 is 4.90 Å². The van der Waals surface area contributed by atoms with Crippen LogP contribution in [0.1, 0.15) is 43.0 Å². The lowest BCUT2D eigenvalue weighted by molar-refractivity contribution is -0.133. The van der Waals surface area contributed by atoms with E-state index in [1.165, 1.54) is 11.1 Å². The van der Waals surface area contributed by atoms with Gasteiger partial charge in [-0.15, -0.1) is 0 Å². The molecule has 1 amide bonds. The smallest absolute Gasteiger partial charge is 0.237 e. The van der Waals surface area contributed by atoms with Crippen molar-refractivity contribution in [2.45, 2.75) is 31.8 Å². The van der Waals surface area contributed by atoms with E-state index in [9.17, 15) is 4.79 Å².